The molecule has 6 nitrogen and oxygen atoms in total. The molecule has 2 atom stereocenters. The molecule has 2 rings (SSSR count). The van der Waals surface area contributed by atoms with Crippen molar-refractivity contribution in [2.24, 2.45) is 5.92 Å². The summed E-state index contributed by atoms with van der Waals surface area (Å²) < 4.78 is 1.67. The lowest BCUT2D eigenvalue weighted by Gasteiger charge is -2.14. The highest BCUT2D eigenvalue weighted by atomic mass is 35.5. The second kappa shape index (κ2) is 8.97. The molecule has 0 fully saturated rings. The van der Waals surface area contributed by atoms with E-state index in [0.717, 1.165) is 17.8 Å². The highest BCUT2D eigenvalue weighted by Gasteiger charge is 2.20. The quantitative estimate of drug-likeness (QED) is 0.754. The number of carbonyl (C=O) groups excluding carboxylic acids is 1. The van der Waals surface area contributed by atoms with Crippen LogP contribution in [-0.4, -0.2) is 38.7 Å². The maximum atomic E-state index is 12.5. The number of amides is 1. The van der Waals surface area contributed by atoms with Crippen molar-refractivity contribution in [3.63, 3.8) is 0 Å². The average Bonchev–Trinajstić information content (AvgIpc) is 2.96. The molecule has 0 aliphatic heterocycles. The topological polar surface area (TPSA) is 80.0 Å². The Hall–Kier alpha value is -1.92. The Morgan fingerprint density at radius 1 is 1.40 bits per heavy atom. The molecule has 25 heavy (non-hydrogen) atoms. The van der Waals surface area contributed by atoms with E-state index in [1.807, 2.05) is 26.0 Å². The average molecular weight is 365 g/mol. The van der Waals surface area contributed by atoms with Crippen molar-refractivity contribution < 1.29 is 9.90 Å². The lowest BCUT2D eigenvalue weighted by molar-refractivity contribution is 0.0933. The van der Waals surface area contributed by atoms with Gasteiger partial charge in [-0.05, 0) is 43.9 Å². The zero-order chi connectivity index (χ0) is 18.4. The van der Waals surface area contributed by atoms with Gasteiger partial charge in [0, 0.05) is 11.6 Å². The molecule has 0 radical (unpaired) electrons. The lowest BCUT2D eigenvalue weighted by Crippen LogP contribution is -2.30. The minimum atomic E-state index is -0.383. The summed E-state index contributed by atoms with van der Waals surface area (Å²) in [4.78, 5) is 12.5. The number of rotatable bonds is 8. The third kappa shape index (κ3) is 5.28. The number of aliphatic hydroxyl groups excluding tert-OH is 1. The van der Waals surface area contributed by atoms with Crippen molar-refractivity contribution in [3.8, 4) is 5.69 Å². The molecule has 1 aromatic carbocycles. The van der Waals surface area contributed by atoms with E-state index in [2.05, 4.69) is 15.6 Å². The molecule has 0 saturated carbocycles. The lowest BCUT2D eigenvalue weighted by atomic mass is 10.0. The van der Waals surface area contributed by atoms with Crippen molar-refractivity contribution >= 4 is 17.5 Å². The Kier molecular flexibility index (Phi) is 6.96. The monoisotopic (exact) mass is 364 g/mol. The standard InChI is InChI=1S/C18H25ClN4O2/c1-4-6-16-17(18(25)20-11-12(2)9-13(3)24)21-22-23(16)15-8-5-7-14(19)10-15/h5,7-8,10,12-13,24H,4,6,9,11H2,1-3H3,(H,20,25). The van der Waals surface area contributed by atoms with Crippen LogP contribution in [0.25, 0.3) is 5.69 Å². The first-order chi connectivity index (χ1) is 11.9. The number of halogens is 1. The summed E-state index contributed by atoms with van der Waals surface area (Å²) in [6, 6.07) is 7.30. The van der Waals surface area contributed by atoms with Gasteiger partial charge >= 0.3 is 0 Å². The second-order valence-electron chi connectivity index (χ2n) is 6.43. The Bertz CT molecular complexity index is 715. The van der Waals surface area contributed by atoms with E-state index in [1.54, 1.807) is 23.7 Å². The molecule has 1 aromatic heterocycles. The first-order valence-electron chi connectivity index (χ1n) is 8.59. The molecular formula is C18H25ClN4O2. The van der Waals surface area contributed by atoms with Crippen molar-refractivity contribution in [1.82, 2.24) is 20.3 Å². The highest BCUT2D eigenvalue weighted by molar-refractivity contribution is 6.30. The second-order valence-corrected chi connectivity index (χ2v) is 6.86. The summed E-state index contributed by atoms with van der Waals surface area (Å²) in [6.45, 7) is 6.26. The van der Waals surface area contributed by atoms with E-state index in [9.17, 15) is 9.90 Å². The fourth-order valence-electron chi connectivity index (χ4n) is 2.77. The maximum Gasteiger partial charge on any atom is 0.273 e. The van der Waals surface area contributed by atoms with Crippen molar-refractivity contribution in [2.45, 2.75) is 46.1 Å². The van der Waals surface area contributed by atoms with Crippen LogP contribution in [-0.2, 0) is 6.42 Å². The first-order valence-corrected chi connectivity index (χ1v) is 8.97. The number of nitrogens with one attached hydrogen (secondary N) is 1. The minimum Gasteiger partial charge on any atom is -0.393 e. The Balaban J connectivity index is 2.19. The van der Waals surface area contributed by atoms with E-state index in [4.69, 9.17) is 11.6 Å². The number of nitrogens with zero attached hydrogens (tertiary/aromatic N) is 3. The van der Waals surface area contributed by atoms with Crippen LogP contribution in [0, 0.1) is 5.92 Å². The van der Waals surface area contributed by atoms with Gasteiger partial charge in [-0.1, -0.05) is 43.1 Å². The smallest absolute Gasteiger partial charge is 0.273 e. The van der Waals surface area contributed by atoms with Gasteiger partial charge in [-0.25, -0.2) is 4.68 Å². The molecule has 0 aliphatic carbocycles. The van der Waals surface area contributed by atoms with E-state index in [-0.39, 0.29) is 17.9 Å². The number of hydrogen-bond donors (Lipinski definition) is 2. The van der Waals surface area contributed by atoms with Crippen LogP contribution in [0.4, 0.5) is 0 Å². The van der Waals surface area contributed by atoms with E-state index < -0.39 is 0 Å². The number of benzene rings is 1. The summed E-state index contributed by atoms with van der Waals surface area (Å²) in [5, 5.41) is 21.2. The summed E-state index contributed by atoms with van der Waals surface area (Å²) >= 11 is 6.06. The molecule has 0 saturated heterocycles. The van der Waals surface area contributed by atoms with Gasteiger partial charge < -0.3 is 10.4 Å². The fourth-order valence-corrected chi connectivity index (χ4v) is 2.96. The van der Waals surface area contributed by atoms with E-state index >= 15 is 0 Å². The van der Waals surface area contributed by atoms with Crippen LogP contribution in [0.15, 0.2) is 24.3 Å². The maximum absolute atomic E-state index is 12.5. The molecule has 0 aliphatic rings. The van der Waals surface area contributed by atoms with Gasteiger partial charge in [0.05, 0.1) is 17.5 Å². The van der Waals surface area contributed by atoms with Gasteiger partial charge in [0.1, 0.15) is 0 Å². The van der Waals surface area contributed by atoms with E-state index in [1.165, 1.54) is 0 Å². The number of aromatic nitrogens is 3. The van der Waals surface area contributed by atoms with Gasteiger partial charge in [-0.3, -0.25) is 4.79 Å². The van der Waals surface area contributed by atoms with Crippen LogP contribution in [0.3, 0.4) is 0 Å². The number of aliphatic hydroxyl groups is 1. The fraction of sp³-hybridized carbons (Fsp3) is 0.500. The summed E-state index contributed by atoms with van der Waals surface area (Å²) in [6.07, 6.45) is 1.81. The van der Waals surface area contributed by atoms with Crippen molar-refractivity contribution in [1.29, 1.82) is 0 Å². The van der Waals surface area contributed by atoms with E-state index in [0.29, 0.717) is 30.1 Å². The zero-order valence-corrected chi connectivity index (χ0v) is 15.6. The molecule has 2 aromatic rings. The van der Waals surface area contributed by atoms with Crippen molar-refractivity contribution in [2.75, 3.05) is 6.54 Å². The molecule has 136 valence electrons. The highest BCUT2D eigenvalue weighted by Crippen LogP contribution is 2.18. The largest absolute Gasteiger partial charge is 0.393 e. The summed E-state index contributed by atoms with van der Waals surface area (Å²) in [5.74, 6) is -0.0595. The van der Waals surface area contributed by atoms with Crippen LogP contribution in [0.1, 0.15) is 49.8 Å². The summed E-state index contributed by atoms with van der Waals surface area (Å²) in [7, 11) is 0. The molecule has 7 heteroatoms. The van der Waals surface area contributed by atoms with Gasteiger partial charge in [-0.15, -0.1) is 5.10 Å². The first kappa shape index (κ1) is 19.4. The zero-order valence-electron chi connectivity index (χ0n) is 14.9. The van der Waals surface area contributed by atoms with Gasteiger partial charge in [0.25, 0.3) is 5.91 Å². The molecule has 1 amide bonds. The molecule has 0 spiro atoms. The van der Waals surface area contributed by atoms with Gasteiger partial charge in [0.2, 0.25) is 0 Å². The molecule has 1 heterocycles. The minimum absolute atomic E-state index is 0.182. The molecule has 2 N–H and O–H groups in total. The van der Waals surface area contributed by atoms with Crippen LogP contribution in [0.2, 0.25) is 5.02 Å². The van der Waals surface area contributed by atoms with Crippen molar-refractivity contribution in [3.05, 3.63) is 40.7 Å². The molecule has 2 unspecified atom stereocenters. The number of carbonyl (C=O) groups is 1. The molecular weight excluding hydrogens is 340 g/mol. The third-order valence-electron chi connectivity index (χ3n) is 3.87. The SMILES string of the molecule is CCCc1c(C(=O)NCC(C)CC(C)O)nnn1-c1cccc(Cl)c1. The Morgan fingerprint density at radius 3 is 2.80 bits per heavy atom. The Labute approximate surface area is 153 Å². The van der Waals surface area contributed by atoms with Crippen LogP contribution >= 0.6 is 11.6 Å². The van der Waals surface area contributed by atoms with Crippen LogP contribution < -0.4 is 5.32 Å². The van der Waals surface area contributed by atoms with Gasteiger partial charge in [-0.2, -0.15) is 0 Å². The Morgan fingerprint density at radius 2 is 2.16 bits per heavy atom. The van der Waals surface area contributed by atoms with Gasteiger partial charge in [0.15, 0.2) is 5.69 Å². The van der Waals surface area contributed by atoms with Crippen LogP contribution in [0.5, 0.6) is 0 Å². The predicted molar refractivity (Wildman–Crippen MR) is 98.2 cm³/mol. The normalized spacial score (nSPS) is 13.5. The number of hydrogen-bond acceptors (Lipinski definition) is 4. The summed E-state index contributed by atoms with van der Waals surface area (Å²) in [5.41, 5.74) is 1.89. The predicted octanol–water partition coefficient (Wildman–Crippen LogP) is 3.01. The molecule has 0 bridgehead atoms. The third-order valence-corrected chi connectivity index (χ3v) is 4.11.